The molecular formula is C10H15N3. The first kappa shape index (κ1) is 8.60. The Bertz CT molecular complexity index is 310. The molecule has 0 radical (unpaired) electrons. The van der Waals surface area contributed by atoms with Gasteiger partial charge in [-0.15, -0.1) is 0 Å². The van der Waals surface area contributed by atoms with Crippen molar-refractivity contribution in [3.05, 3.63) is 18.0 Å². The van der Waals surface area contributed by atoms with E-state index < -0.39 is 0 Å². The summed E-state index contributed by atoms with van der Waals surface area (Å²) in [6.45, 7) is 6.37. The van der Waals surface area contributed by atoms with E-state index in [-0.39, 0.29) is 5.41 Å². The number of hydrogen-bond donors (Lipinski definition) is 0. The van der Waals surface area contributed by atoms with Gasteiger partial charge >= 0.3 is 0 Å². The summed E-state index contributed by atoms with van der Waals surface area (Å²) in [5.74, 6) is 2.51. The Labute approximate surface area is 78.6 Å². The van der Waals surface area contributed by atoms with Crippen LogP contribution in [0, 0.1) is 0 Å². The summed E-state index contributed by atoms with van der Waals surface area (Å²) >= 11 is 0. The van der Waals surface area contributed by atoms with Crippen LogP contribution in [0.5, 0.6) is 0 Å². The van der Waals surface area contributed by atoms with Crippen LogP contribution in [0.3, 0.4) is 0 Å². The summed E-state index contributed by atoms with van der Waals surface area (Å²) in [6.07, 6.45) is 4.13. The lowest BCUT2D eigenvalue weighted by molar-refractivity contribution is 0.535. The van der Waals surface area contributed by atoms with Crippen LogP contribution in [-0.4, -0.2) is 15.0 Å². The van der Waals surface area contributed by atoms with E-state index in [1.54, 1.807) is 6.33 Å². The van der Waals surface area contributed by atoms with E-state index in [9.17, 15) is 0 Å². The molecule has 0 atom stereocenters. The minimum absolute atomic E-state index is 0.0343. The number of rotatable bonds is 1. The molecule has 1 fully saturated rings. The van der Waals surface area contributed by atoms with Gasteiger partial charge in [-0.1, -0.05) is 20.8 Å². The molecule has 0 unspecified atom stereocenters. The van der Waals surface area contributed by atoms with E-state index in [1.807, 2.05) is 0 Å². The predicted molar refractivity (Wildman–Crippen MR) is 50.5 cm³/mol. The molecule has 1 aliphatic rings. The van der Waals surface area contributed by atoms with Gasteiger partial charge in [0, 0.05) is 11.3 Å². The molecule has 1 heterocycles. The molecule has 0 aromatic carbocycles. The highest BCUT2D eigenvalue weighted by atomic mass is 15.0. The molecule has 1 aromatic rings. The van der Waals surface area contributed by atoms with Crippen molar-refractivity contribution in [2.24, 2.45) is 0 Å². The number of hydrogen-bond acceptors (Lipinski definition) is 3. The van der Waals surface area contributed by atoms with Crippen LogP contribution in [0.1, 0.15) is 51.2 Å². The summed E-state index contributed by atoms with van der Waals surface area (Å²) in [4.78, 5) is 12.9. The molecule has 70 valence electrons. The van der Waals surface area contributed by atoms with Gasteiger partial charge in [-0.25, -0.2) is 15.0 Å². The van der Waals surface area contributed by atoms with Crippen LogP contribution in [0.15, 0.2) is 6.33 Å². The van der Waals surface area contributed by atoms with Crippen molar-refractivity contribution < 1.29 is 0 Å². The molecule has 1 aromatic heterocycles. The van der Waals surface area contributed by atoms with E-state index in [0.717, 1.165) is 11.6 Å². The molecule has 0 amide bonds. The molecule has 0 N–H and O–H groups in total. The smallest absolute Gasteiger partial charge is 0.137 e. The average Bonchev–Trinajstić information content (AvgIpc) is 2.85. The molecule has 0 aliphatic heterocycles. The van der Waals surface area contributed by atoms with E-state index in [1.165, 1.54) is 12.8 Å². The molecule has 13 heavy (non-hydrogen) atoms. The van der Waals surface area contributed by atoms with Gasteiger partial charge in [0.05, 0.1) is 0 Å². The normalized spacial score (nSPS) is 17.5. The molecule has 1 saturated carbocycles. The molecule has 3 nitrogen and oxygen atoms in total. The highest BCUT2D eigenvalue weighted by Crippen LogP contribution is 2.38. The summed E-state index contributed by atoms with van der Waals surface area (Å²) in [5.41, 5.74) is 0.0343. The van der Waals surface area contributed by atoms with E-state index in [0.29, 0.717) is 5.92 Å². The van der Waals surface area contributed by atoms with Gasteiger partial charge < -0.3 is 0 Å². The van der Waals surface area contributed by atoms with Crippen LogP contribution in [0.4, 0.5) is 0 Å². The predicted octanol–water partition coefficient (Wildman–Crippen LogP) is 2.05. The van der Waals surface area contributed by atoms with Crippen LogP contribution < -0.4 is 0 Å². The Balaban J connectivity index is 2.32. The number of nitrogens with zero attached hydrogens (tertiary/aromatic N) is 3. The fourth-order valence-electron chi connectivity index (χ4n) is 1.21. The quantitative estimate of drug-likeness (QED) is 0.659. The van der Waals surface area contributed by atoms with Crippen LogP contribution >= 0.6 is 0 Å². The zero-order valence-corrected chi connectivity index (χ0v) is 8.41. The lowest BCUT2D eigenvalue weighted by atomic mass is 9.96. The van der Waals surface area contributed by atoms with Crippen LogP contribution in [0.2, 0.25) is 0 Å². The third-order valence-electron chi connectivity index (χ3n) is 2.20. The topological polar surface area (TPSA) is 38.7 Å². The second-order valence-corrected chi connectivity index (χ2v) is 4.69. The van der Waals surface area contributed by atoms with Crippen LogP contribution in [-0.2, 0) is 5.41 Å². The van der Waals surface area contributed by atoms with E-state index >= 15 is 0 Å². The summed E-state index contributed by atoms with van der Waals surface area (Å²) in [5, 5.41) is 0. The van der Waals surface area contributed by atoms with Crippen molar-refractivity contribution >= 4 is 0 Å². The van der Waals surface area contributed by atoms with Gasteiger partial charge in [-0.3, -0.25) is 0 Å². The van der Waals surface area contributed by atoms with E-state index in [2.05, 4.69) is 35.7 Å². The summed E-state index contributed by atoms with van der Waals surface area (Å²) < 4.78 is 0. The molecule has 3 heteroatoms. The summed E-state index contributed by atoms with van der Waals surface area (Å²) in [6, 6.07) is 0. The van der Waals surface area contributed by atoms with Gasteiger partial charge in [-0.05, 0) is 12.8 Å². The first-order valence-electron chi connectivity index (χ1n) is 4.77. The van der Waals surface area contributed by atoms with Gasteiger partial charge in [0.2, 0.25) is 0 Å². The van der Waals surface area contributed by atoms with Crippen molar-refractivity contribution in [1.29, 1.82) is 0 Å². The monoisotopic (exact) mass is 177 g/mol. The molecule has 0 spiro atoms. The number of aromatic nitrogens is 3. The second kappa shape index (κ2) is 2.76. The maximum absolute atomic E-state index is 4.48. The Morgan fingerprint density at radius 1 is 1.23 bits per heavy atom. The molecular weight excluding hydrogens is 162 g/mol. The van der Waals surface area contributed by atoms with Crippen molar-refractivity contribution in [3.63, 3.8) is 0 Å². The van der Waals surface area contributed by atoms with E-state index in [4.69, 9.17) is 0 Å². The average molecular weight is 177 g/mol. The lowest BCUT2D eigenvalue weighted by Crippen LogP contribution is -2.17. The highest BCUT2D eigenvalue weighted by Gasteiger charge is 2.28. The fraction of sp³-hybridized carbons (Fsp3) is 0.700. The van der Waals surface area contributed by atoms with Gasteiger partial charge in [-0.2, -0.15) is 0 Å². The van der Waals surface area contributed by atoms with Crippen molar-refractivity contribution in [3.8, 4) is 0 Å². The maximum Gasteiger partial charge on any atom is 0.137 e. The summed E-state index contributed by atoms with van der Waals surface area (Å²) in [7, 11) is 0. The van der Waals surface area contributed by atoms with Gasteiger partial charge in [0.25, 0.3) is 0 Å². The largest absolute Gasteiger partial charge is 0.221 e. The van der Waals surface area contributed by atoms with Crippen molar-refractivity contribution in [2.45, 2.75) is 44.9 Å². The van der Waals surface area contributed by atoms with Crippen molar-refractivity contribution in [2.75, 3.05) is 0 Å². The molecule has 0 saturated heterocycles. The minimum Gasteiger partial charge on any atom is -0.221 e. The molecule has 0 bridgehead atoms. The second-order valence-electron chi connectivity index (χ2n) is 4.69. The van der Waals surface area contributed by atoms with Gasteiger partial charge in [0.15, 0.2) is 0 Å². The third-order valence-corrected chi connectivity index (χ3v) is 2.20. The maximum atomic E-state index is 4.48. The lowest BCUT2D eigenvalue weighted by Gasteiger charge is -2.15. The Morgan fingerprint density at radius 3 is 2.46 bits per heavy atom. The minimum atomic E-state index is 0.0343. The first-order valence-corrected chi connectivity index (χ1v) is 4.77. The zero-order valence-electron chi connectivity index (χ0n) is 8.41. The van der Waals surface area contributed by atoms with Gasteiger partial charge in [0.1, 0.15) is 18.0 Å². The highest BCUT2D eigenvalue weighted by molar-refractivity contribution is 5.08. The Morgan fingerprint density at radius 2 is 1.92 bits per heavy atom. The van der Waals surface area contributed by atoms with Crippen LogP contribution in [0.25, 0.3) is 0 Å². The van der Waals surface area contributed by atoms with Crippen molar-refractivity contribution in [1.82, 2.24) is 15.0 Å². The first-order chi connectivity index (χ1) is 6.07. The standard InChI is InChI=1S/C10H15N3/c1-10(2,3)9-12-6-11-8(13-9)7-4-5-7/h6-7H,4-5H2,1-3H3. The third kappa shape index (κ3) is 1.85. The SMILES string of the molecule is CC(C)(C)c1ncnc(C2CC2)n1. The fourth-order valence-corrected chi connectivity index (χ4v) is 1.21. The molecule has 2 rings (SSSR count). The molecule has 1 aliphatic carbocycles. The zero-order chi connectivity index (χ0) is 9.47. The Kier molecular flexibility index (Phi) is 1.82. The Hall–Kier alpha value is -0.990.